The summed E-state index contributed by atoms with van der Waals surface area (Å²) < 4.78 is 0. The molecule has 0 saturated heterocycles. The summed E-state index contributed by atoms with van der Waals surface area (Å²) in [6, 6.07) is 2.21. The monoisotopic (exact) mass is 512 g/mol. The van der Waals surface area contributed by atoms with Crippen LogP contribution in [0.5, 0.6) is 0 Å². The lowest BCUT2D eigenvalue weighted by atomic mass is 10.0. The molecule has 1 aromatic heterocycles. The highest BCUT2D eigenvalue weighted by molar-refractivity contribution is 5.62. The number of unbranched alkanes of at least 4 members (excludes halogenated alkanes) is 24. The zero-order chi connectivity index (χ0) is 26.5. The molecule has 0 aliphatic carbocycles. The van der Waals surface area contributed by atoms with Crippen molar-refractivity contribution in [3.05, 3.63) is 35.7 Å². The van der Waals surface area contributed by atoms with Gasteiger partial charge in [-0.05, 0) is 43.4 Å². The van der Waals surface area contributed by atoms with Crippen molar-refractivity contribution >= 4 is 12.2 Å². The molecule has 1 heteroatoms. The molecule has 1 aromatic rings. The summed E-state index contributed by atoms with van der Waals surface area (Å²) in [4.78, 5) is 3.41. The van der Waals surface area contributed by atoms with Gasteiger partial charge in [-0.25, -0.2) is 0 Å². The van der Waals surface area contributed by atoms with Crippen LogP contribution in [0.25, 0.3) is 12.2 Å². The van der Waals surface area contributed by atoms with E-state index >= 15 is 0 Å². The lowest BCUT2D eigenvalue weighted by molar-refractivity contribution is 0.545. The fraction of sp³-hybridized carbons (Fsp3) is 0.778. The second-order valence-electron chi connectivity index (χ2n) is 11.5. The van der Waals surface area contributed by atoms with E-state index in [2.05, 4.69) is 55.4 Å². The van der Waals surface area contributed by atoms with Crippen LogP contribution in [0, 0.1) is 0 Å². The molecule has 0 aliphatic heterocycles. The van der Waals surface area contributed by atoms with Crippen molar-refractivity contribution in [2.45, 2.75) is 181 Å². The maximum absolute atomic E-state index is 3.41. The number of hydrogen-bond acceptors (Lipinski definition) is 0. The van der Waals surface area contributed by atoms with Crippen molar-refractivity contribution in [2.75, 3.05) is 0 Å². The maximum Gasteiger partial charge on any atom is 0.0450 e. The summed E-state index contributed by atoms with van der Waals surface area (Å²) in [7, 11) is 0. The van der Waals surface area contributed by atoms with Crippen LogP contribution in [0.4, 0.5) is 0 Å². The normalized spacial score (nSPS) is 11.9. The third-order valence-electron chi connectivity index (χ3n) is 7.84. The summed E-state index contributed by atoms with van der Waals surface area (Å²) in [5.74, 6) is 0. The minimum Gasteiger partial charge on any atom is -0.361 e. The van der Waals surface area contributed by atoms with Gasteiger partial charge < -0.3 is 4.98 Å². The molecule has 0 amide bonds. The Balaban J connectivity index is 1.95. The van der Waals surface area contributed by atoms with Gasteiger partial charge >= 0.3 is 0 Å². The summed E-state index contributed by atoms with van der Waals surface area (Å²) in [6.45, 7) is 4.60. The van der Waals surface area contributed by atoms with Crippen LogP contribution in [-0.4, -0.2) is 4.98 Å². The molecule has 214 valence electrons. The van der Waals surface area contributed by atoms with Crippen LogP contribution in [0.2, 0.25) is 0 Å². The molecule has 0 fully saturated rings. The molecule has 37 heavy (non-hydrogen) atoms. The van der Waals surface area contributed by atoms with Gasteiger partial charge in [0.25, 0.3) is 0 Å². The Bertz CT molecular complexity index is 570. The Morgan fingerprint density at radius 1 is 0.459 bits per heavy atom. The van der Waals surface area contributed by atoms with E-state index in [4.69, 9.17) is 0 Å². The Labute approximate surface area is 233 Å². The third-order valence-corrected chi connectivity index (χ3v) is 7.84. The predicted octanol–water partition coefficient (Wildman–Crippen LogP) is 13.2. The first kappa shape index (κ1) is 33.8. The number of allylic oxidation sites excluding steroid dienone is 2. The smallest absolute Gasteiger partial charge is 0.0450 e. The van der Waals surface area contributed by atoms with Crippen molar-refractivity contribution in [3.8, 4) is 0 Å². The first-order chi connectivity index (χ1) is 18.4. The Morgan fingerprint density at radius 3 is 1.22 bits per heavy atom. The van der Waals surface area contributed by atoms with E-state index in [1.54, 1.807) is 0 Å². The van der Waals surface area contributed by atoms with Crippen LogP contribution in [0.1, 0.15) is 192 Å². The number of aromatic amines is 1. The average molecular weight is 512 g/mol. The average Bonchev–Trinajstić information content (AvgIpc) is 3.36. The fourth-order valence-corrected chi connectivity index (χ4v) is 5.30. The van der Waals surface area contributed by atoms with E-state index in [0.717, 1.165) is 0 Å². The van der Waals surface area contributed by atoms with Crippen molar-refractivity contribution in [1.82, 2.24) is 4.98 Å². The SMILES string of the molecule is CCCCCCCCCCCCCCC=Cc1cc[nH]c1C=CCCCCCCCCCCCCCC. The Kier molecular flexibility index (Phi) is 25.4. The molecular weight excluding hydrogens is 446 g/mol. The minimum absolute atomic E-state index is 1.21. The van der Waals surface area contributed by atoms with Gasteiger partial charge in [-0.15, -0.1) is 0 Å². The number of aromatic nitrogens is 1. The molecule has 0 radical (unpaired) electrons. The molecule has 1 heterocycles. The molecular formula is C36H65N. The van der Waals surface area contributed by atoms with Gasteiger partial charge in [0.15, 0.2) is 0 Å². The van der Waals surface area contributed by atoms with Crippen molar-refractivity contribution in [2.24, 2.45) is 0 Å². The van der Waals surface area contributed by atoms with Gasteiger partial charge in [0.2, 0.25) is 0 Å². The molecule has 0 bridgehead atoms. The van der Waals surface area contributed by atoms with Gasteiger partial charge in [-0.1, -0.05) is 173 Å². The number of rotatable bonds is 28. The lowest BCUT2D eigenvalue weighted by Crippen LogP contribution is -1.82. The minimum atomic E-state index is 1.21. The van der Waals surface area contributed by atoms with Crippen LogP contribution in [0.15, 0.2) is 24.4 Å². The Hall–Kier alpha value is -1.24. The van der Waals surface area contributed by atoms with Crippen LogP contribution in [0.3, 0.4) is 0 Å². The molecule has 0 spiro atoms. The van der Waals surface area contributed by atoms with Crippen molar-refractivity contribution in [1.29, 1.82) is 0 Å². The van der Waals surface area contributed by atoms with Gasteiger partial charge in [0.1, 0.15) is 0 Å². The molecule has 1 N–H and O–H groups in total. The number of H-pyrrole nitrogens is 1. The summed E-state index contributed by atoms with van der Waals surface area (Å²) in [6.07, 6.45) is 48.0. The second kappa shape index (κ2) is 27.8. The number of hydrogen-bond donors (Lipinski definition) is 1. The molecule has 0 unspecified atom stereocenters. The van der Waals surface area contributed by atoms with Gasteiger partial charge in [-0.2, -0.15) is 0 Å². The van der Waals surface area contributed by atoms with Crippen molar-refractivity contribution < 1.29 is 0 Å². The van der Waals surface area contributed by atoms with Crippen LogP contribution in [-0.2, 0) is 0 Å². The first-order valence-corrected chi connectivity index (χ1v) is 16.9. The predicted molar refractivity (Wildman–Crippen MR) is 170 cm³/mol. The molecule has 0 aromatic carbocycles. The van der Waals surface area contributed by atoms with Crippen LogP contribution < -0.4 is 0 Å². The highest BCUT2D eigenvalue weighted by atomic mass is 14.7. The molecule has 0 atom stereocenters. The van der Waals surface area contributed by atoms with Gasteiger partial charge in [-0.3, -0.25) is 0 Å². The zero-order valence-electron chi connectivity index (χ0n) is 25.3. The summed E-state index contributed by atoms with van der Waals surface area (Å²) in [5.41, 5.74) is 2.61. The third kappa shape index (κ3) is 22.5. The number of nitrogens with one attached hydrogen (secondary N) is 1. The molecule has 0 aliphatic rings. The highest BCUT2D eigenvalue weighted by Gasteiger charge is 1.97. The summed E-state index contributed by atoms with van der Waals surface area (Å²) >= 11 is 0. The van der Waals surface area contributed by atoms with E-state index in [1.807, 2.05) is 0 Å². The van der Waals surface area contributed by atoms with E-state index in [9.17, 15) is 0 Å². The molecule has 0 saturated carbocycles. The molecule has 1 rings (SSSR count). The van der Waals surface area contributed by atoms with Crippen LogP contribution >= 0.6 is 0 Å². The Morgan fingerprint density at radius 2 is 0.811 bits per heavy atom. The van der Waals surface area contributed by atoms with Gasteiger partial charge in [0.05, 0.1) is 0 Å². The summed E-state index contributed by atoms with van der Waals surface area (Å²) in [5, 5.41) is 0. The van der Waals surface area contributed by atoms with Crippen molar-refractivity contribution in [3.63, 3.8) is 0 Å². The van der Waals surface area contributed by atoms with E-state index in [1.165, 1.54) is 178 Å². The standard InChI is InChI=1S/C36H65N/c1-3-5-7-9-11-13-15-17-19-21-23-25-27-29-31-35-33-34-37-36(35)32-30-28-26-24-22-20-18-16-14-12-10-8-6-4-2/h29-34,37H,3-28H2,1-2H3. The maximum atomic E-state index is 3.41. The quantitative estimate of drug-likeness (QED) is 0.108. The first-order valence-electron chi connectivity index (χ1n) is 16.9. The molecule has 1 nitrogen and oxygen atoms in total. The van der Waals surface area contributed by atoms with E-state index < -0.39 is 0 Å². The second-order valence-corrected chi connectivity index (χ2v) is 11.5. The fourth-order valence-electron chi connectivity index (χ4n) is 5.30. The lowest BCUT2D eigenvalue weighted by Gasteiger charge is -2.02. The zero-order valence-corrected chi connectivity index (χ0v) is 25.3. The van der Waals surface area contributed by atoms with Gasteiger partial charge in [0, 0.05) is 11.9 Å². The highest BCUT2D eigenvalue weighted by Crippen LogP contribution is 2.16. The van der Waals surface area contributed by atoms with E-state index in [0.29, 0.717) is 0 Å². The topological polar surface area (TPSA) is 15.8 Å². The van der Waals surface area contributed by atoms with E-state index in [-0.39, 0.29) is 0 Å². The largest absolute Gasteiger partial charge is 0.361 e.